The predicted molar refractivity (Wildman–Crippen MR) is 212 cm³/mol. The average molecular weight is 823 g/mol. The predicted octanol–water partition coefficient (Wildman–Crippen LogP) is 4.18. The second kappa shape index (κ2) is 12.0. The molecule has 0 unspecified atom stereocenters. The number of hydrogen-bond acceptors (Lipinski definition) is 12. The second-order valence-electron chi connectivity index (χ2n) is 20.5. The first-order valence-electron chi connectivity index (χ1n) is 21.4. The van der Waals surface area contributed by atoms with Gasteiger partial charge in [0.25, 0.3) is 0 Å². The summed E-state index contributed by atoms with van der Waals surface area (Å²) in [6.07, 6.45) is 1.69. The van der Waals surface area contributed by atoms with Gasteiger partial charge in [-0.1, -0.05) is 55.2 Å². The van der Waals surface area contributed by atoms with Crippen LogP contribution in [0.15, 0.2) is 67.9 Å². The van der Waals surface area contributed by atoms with E-state index in [4.69, 9.17) is 14.2 Å². The molecule has 10 aliphatic carbocycles. The summed E-state index contributed by atoms with van der Waals surface area (Å²) in [5.74, 6) is -5.28. The average Bonchev–Trinajstić information content (AvgIpc) is 4.14. The number of aliphatic hydroxyl groups is 3. The number of carbonyl (C=O) groups is 6. The van der Waals surface area contributed by atoms with Crippen LogP contribution in [0.5, 0.6) is 0 Å². The minimum absolute atomic E-state index is 0.0146. The number of aliphatic hydroxyl groups excluding tert-OH is 3. The molecule has 0 aromatic heterocycles. The van der Waals surface area contributed by atoms with Crippen molar-refractivity contribution >= 4 is 35.3 Å². The lowest BCUT2D eigenvalue weighted by Crippen LogP contribution is -2.59. The Morgan fingerprint density at radius 2 is 1.35 bits per heavy atom. The van der Waals surface area contributed by atoms with Gasteiger partial charge in [0.1, 0.15) is 23.7 Å². The Morgan fingerprint density at radius 1 is 0.767 bits per heavy atom. The maximum Gasteiger partial charge on any atom is 0.333 e. The van der Waals surface area contributed by atoms with E-state index in [9.17, 15) is 39.3 Å². The lowest BCUT2D eigenvalue weighted by atomic mass is 9.47. The summed E-state index contributed by atoms with van der Waals surface area (Å²) in [5.41, 5.74) is -1.52. The minimum atomic E-state index is -1.90. The van der Waals surface area contributed by atoms with Crippen molar-refractivity contribution in [3.05, 3.63) is 67.9 Å². The molecule has 60 heavy (non-hydrogen) atoms. The van der Waals surface area contributed by atoms with Gasteiger partial charge in [0.05, 0.1) is 26.7 Å². The normalized spacial score (nSPS) is 45.6. The summed E-state index contributed by atoms with van der Waals surface area (Å²) < 4.78 is 16.1. The van der Waals surface area contributed by atoms with E-state index >= 15 is 4.79 Å². The van der Waals surface area contributed by atoms with Crippen molar-refractivity contribution in [2.45, 2.75) is 98.4 Å². The molecule has 0 amide bonds. The van der Waals surface area contributed by atoms with E-state index in [1.54, 1.807) is 19.1 Å². The van der Waals surface area contributed by atoms with Crippen molar-refractivity contribution in [3.63, 3.8) is 0 Å². The molecule has 0 saturated heterocycles. The molecule has 0 heterocycles. The summed E-state index contributed by atoms with van der Waals surface area (Å²) in [7, 11) is 3.65. The standard InChI is InChI=1S/C48H54O12/c1-18-21-12-26(21)45(4)25(18)15-30(35(49)38(45)52)44(3,42(56)59-8)17-24-23-14-27(23)46(5)29(24)16-31(36(50)39(46)53)48(43(57)60-9)11-10-20-22-13-28(22)47(6)33(20)34(48)32(37(51)40(47)54)19(2)41(55)58-7/h15-16,21-23,26-28,34,38-40,52-54H,10-14,17H2,1-9H3/b32-19-/t21-,22-,23-,26-,27-,28-,34+,38+,39+,40+,44-,45-,46+,47+,48+/m1/s1. The maximum atomic E-state index is 15.1. The molecule has 15 atom stereocenters. The Kier molecular flexibility index (Phi) is 7.98. The third-order valence-corrected chi connectivity index (χ3v) is 18.4. The van der Waals surface area contributed by atoms with Crippen LogP contribution in [-0.2, 0) is 43.0 Å². The lowest BCUT2D eigenvalue weighted by Gasteiger charge is -2.54. The summed E-state index contributed by atoms with van der Waals surface area (Å²) >= 11 is 0. The number of methoxy groups -OCH3 is 3. The number of rotatable bonds is 7. The van der Waals surface area contributed by atoms with E-state index < -0.39 is 86.6 Å². The van der Waals surface area contributed by atoms with E-state index in [1.165, 1.54) is 28.3 Å². The highest BCUT2D eigenvalue weighted by atomic mass is 16.5. The Balaban J connectivity index is 1.19. The molecule has 0 aliphatic heterocycles. The van der Waals surface area contributed by atoms with Gasteiger partial charge in [-0.15, -0.1) is 0 Å². The highest BCUT2D eigenvalue weighted by Gasteiger charge is 2.75. The quantitative estimate of drug-likeness (QED) is 0.144. The summed E-state index contributed by atoms with van der Waals surface area (Å²) in [4.78, 5) is 86.4. The first kappa shape index (κ1) is 39.9. The van der Waals surface area contributed by atoms with E-state index in [2.05, 4.69) is 0 Å². The van der Waals surface area contributed by atoms with E-state index in [0.29, 0.717) is 24.0 Å². The van der Waals surface area contributed by atoms with Crippen LogP contribution in [0.1, 0.15) is 80.1 Å². The van der Waals surface area contributed by atoms with Crippen LogP contribution in [0.3, 0.4) is 0 Å². The number of fused-ring (bicyclic) bond motifs is 9. The van der Waals surface area contributed by atoms with Gasteiger partial charge in [0, 0.05) is 44.5 Å². The number of hydrogen-bond donors (Lipinski definition) is 3. The Bertz CT molecular complexity index is 2410. The van der Waals surface area contributed by atoms with Crippen LogP contribution in [0.4, 0.5) is 0 Å². The largest absolute Gasteiger partial charge is 0.468 e. The smallest absolute Gasteiger partial charge is 0.333 e. The van der Waals surface area contributed by atoms with Gasteiger partial charge in [-0.2, -0.15) is 0 Å². The first-order valence-corrected chi connectivity index (χ1v) is 21.4. The fraction of sp³-hybridized carbons (Fsp3) is 0.625. The number of esters is 3. The molecule has 318 valence electrons. The van der Waals surface area contributed by atoms with Crippen LogP contribution < -0.4 is 0 Å². The Morgan fingerprint density at radius 3 is 2.00 bits per heavy atom. The summed E-state index contributed by atoms with van der Waals surface area (Å²) in [5, 5.41) is 36.0. The van der Waals surface area contributed by atoms with E-state index in [0.717, 1.165) is 35.1 Å². The molecule has 0 bridgehead atoms. The van der Waals surface area contributed by atoms with E-state index in [-0.39, 0.29) is 70.6 Å². The molecule has 0 radical (unpaired) electrons. The second-order valence-corrected chi connectivity index (χ2v) is 20.5. The molecular formula is C48H54O12. The van der Waals surface area contributed by atoms with Crippen LogP contribution in [0.2, 0.25) is 0 Å². The Labute approximate surface area is 348 Å². The zero-order chi connectivity index (χ0) is 43.3. The fourth-order valence-electron chi connectivity index (χ4n) is 14.8. The maximum absolute atomic E-state index is 15.1. The highest BCUT2D eigenvalue weighted by Crippen LogP contribution is 2.77. The number of carbonyl (C=O) groups excluding carboxylic acids is 6. The van der Waals surface area contributed by atoms with Crippen LogP contribution >= 0.6 is 0 Å². The first-order chi connectivity index (χ1) is 28.2. The van der Waals surface area contributed by atoms with Crippen LogP contribution in [-0.4, -0.2) is 90.2 Å². The van der Waals surface area contributed by atoms with Crippen LogP contribution in [0.25, 0.3) is 0 Å². The summed E-state index contributed by atoms with van der Waals surface area (Å²) in [6, 6.07) is 0. The minimum Gasteiger partial charge on any atom is -0.468 e. The number of ketones is 3. The van der Waals surface area contributed by atoms with Crippen molar-refractivity contribution in [1.29, 1.82) is 0 Å². The molecular weight excluding hydrogens is 769 g/mol. The topological polar surface area (TPSA) is 191 Å². The molecule has 10 aliphatic rings. The van der Waals surface area contributed by atoms with Gasteiger partial charge in [0.15, 0.2) is 17.3 Å². The van der Waals surface area contributed by atoms with E-state index in [1.807, 2.05) is 27.7 Å². The molecule has 0 aromatic carbocycles. The lowest BCUT2D eigenvalue weighted by molar-refractivity contribution is -0.157. The van der Waals surface area contributed by atoms with Crippen molar-refractivity contribution < 1.29 is 58.3 Å². The number of Topliss-reactive ketones (excluding diaryl/α,β-unsaturated/α-hetero) is 3. The molecule has 12 heteroatoms. The third-order valence-electron chi connectivity index (χ3n) is 18.4. The molecule has 4 fully saturated rings. The number of allylic oxidation sites excluding steroid dienone is 5. The molecule has 0 spiro atoms. The number of ether oxygens (including phenoxy) is 3. The molecule has 3 N–H and O–H groups in total. The Hall–Kier alpha value is -4.26. The van der Waals surface area contributed by atoms with Gasteiger partial charge in [-0.25, -0.2) is 4.79 Å². The van der Waals surface area contributed by atoms with Crippen molar-refractivity contribution in [2.24, 2.45) is 68.5 Å². The zero-order valence-corrected chi connectivity index (χ0v) is 35.7. The SMILES string of the molecule is COC(=O)/C(C)=C1\C(=O)[C@H](O)[C@]2(C)C3=C(CC[C@](C(=O)OC)(C4=CC5=C(C[C@@](C)(C(=O)OC)C6=CC7=C(C)[C@H]8C[C@H]8[C@]7(C)[C@@H](O)C6=O)[C@H]6C[C@H]6[C@]5(C)[C@@H](O)C4=O)[C@H]31)[C@H]1C[C@H]12. The zero-order valence-electron chi connectivity index (χ0n) is 35.7. The highest BCUT2D eigenvalue weighted by molar-refractivity contribution is 6.13. The van der Waals surface area contributed by atoms with Crippen LogP contribution in [0, 0.1) is 68.5 Å². The molecule has 4 saturated carbocycles. The summed E-state index contributed by atoms with van der Waals surface area (Å²) in [6.45, 7) is 10.7. The third kappa shape index (κ3) is 4.29. The van der Waals surface area contributed by atoms with Crippen molar-refractivity contribution in [3.8, 4) is 0 Å². The van der Waals surface area contributed by atoms with Gasteiger partial charge in [-0.05, 0) is 106 Å². The van der Waals surface area contributed by atoms with Gasteiger partial charge in [0.2, 0.25) is 0 Å². The molecule has 12 nitrogen and oxygen atoms in total. The van der Waals surface area contributed by atoms with Gasteiger partial charge in [-0.3, -0.25) is 24.0 Å². The van der Waals surface area contributed by atoms with Gasteiger partial charge >= 0.3 is 17.9 Å². The van der Waals surface area contributed by atoms with Crippen molar-refractivity contribution in [1.82, 2.24) is 0 Å². The molecule has 10 rings (SSSR count). The van der Waals surface area contributed by atoms with Crippen molar-refractivity contribution in [2.75, 3.05) is 21.3 Å². The monoisotopic (exact) mass is 822 g/mol. The van der Waals surface area contributed by atoms with Gasteiger partial charge < -0.3 is 29.5 Å². The fourth-order valence-corrected chi connectivity index (χ4v) is 14.8. The molecule has 0 aromatic rings.